The first-order chi connectivity index (χ1) is 24.7. The fourth-order valence-corrected chi connectivity index (χ4v) is 5.98. The van der Waals surface area contributed by atoms with Crippen LogP contribution < -0.4 is 4.74 Å². The first-order valence-electron chi connectivity index (χ1n) is 16.3. The lowest BCUT2D eigenvalue weighted by atomic mass is 9.98. The molecule has 0 radical (unpaired) electrons. The Labute approximate surface area is 293 Å². The van der Waals surface area contributed by atoms with E-state index in [2.05, 4.69) is 4.90 Å². The Morgan fingerprint density at radius 3 is 1.69 bits per heavy atom. The Balaban J connectivity index is 0.000000183. The number of benzene rings is 6. The average molecular weight is 680 g/mol. The minimum Gasteiger partial charge on any atom is -0.508 e. The van der Waals surface area contributed by atoms with Crippen molar-refractivity contribution in [3.05, 3.63) is 154 Å². The van der Waals surface area contributed by atoms with Gasteiger partial charge in [0.15, 0.2) is 11.6 Å². The summed E-state index contributed by atoms with van der Waals surface area (Å²) < 4.78 is 33.8. The predicted molar refractivity (Wildman–Crippen MR) is 190 cm³/mol. The molecule has 1 heterocycles. The van der Waals surface area contributed by atoms with Crippen LogP contribution in [0.5, 0.6) is 11.5 Å². The lowest BCUT2D eigenvalue weighted by molar-refractivity contribution is 0.102. The van der Waals surface area contributed by atoms with Crippen LogP contribution in [0.3, 0.4) is 0 Å². The second-order valence-electron chi connectivity index (χ2n) is 12.1. The fraction of sp³-hybridized carbons (Fsp3) is 0.143. The summed E-state index contributed by atoms with van der Waals surface area (Å²) in [6.07, 6.45) is 2.53. The number of hydrogen-bond donors (Lipinski definition) is 1. The maximum absolute atomic E-state index is 14.1. The quantitative estimate of drug-likeness (QED) is 0.161. The summed E-state index contributed by atoms with van der Waals surface area (Å²) in [5, 5.41) is 30.7. The number of phenolic OH excluding ortho intramolecular Hbond substituents is 1. The summed E-state index contributed by atoms with van der Waals surface area (Å²) >= 11 is 0. The summed E-state index contributed by atoms with van der Waals surface area (Å²) in [7, 11) is 0. The minimum atomic E-state index is -0.658. The Kier molecular flexibility index (Phi) is 10.4. The number of hydrogen-bond acceptors (Lipinski definition) is 7. The zero-order chi connectivity index (χ0) is 35.9. The highest BCUT2D eigenvalue weighted by molar-refractivity contribution is 6.11. The van der Waals surface area contributed by atoms with Crippen LogP contribution in [-0.2, 0) is 0 Å². The number of nitrogens with zero attached hydrogens (tertiary/aromatic N) is 3. The summed E-state index contributed by atoms with van der Waals surface area (Å²) in [6.45, 7) is 3.88. The molecule has 1 aliphatic heterocycles. The highest BCUT2D eigenvalue weighted by Gasteiger charge is 2.17. The molecule has 0 spiro atoms. The van der Waals surface area contributed by atoms with Gasteiger partial charge in [0.05, 0.1) is 34.4 Å². The van der Waals surface area contributed by atoms with Crippen LogP contribution in [0.1, 0.15) is 55.8 Å². The summed E-state index contributed by atoms with van der Waals surface area (Å²) in [5.74, 6) is -1.27. The third-order valence-electron chi connectivity index (χ3n) is 8.72. The maximum atomic E-state index is 14.1. The van der Waals surface area contributed by atoms with Crippen molar-refractivity contribution in [3.63, 3.8) is 0 Å². The molecule has 1 aliphatic rings. The van der Waals surface area contributed by atoms with E-state index >= 15 is 0 Å². The topological polar surface area (TPSA) is 114 Å². The van der Waals surface area contributed by atoms with Crippen molar-refractivity contribution in [1.29, 1.82) is 10.5 Å². The van der Waals surface area contributed by atoms with E-state index in [4.69, 9.17) is 15.3 Å². The molecule has 0 amide bonds. The zero-order valence-corrected chi connectivity index (χ0v) is 27.4. The number of halogens is 2. The number of fused-ring (bicyclic) bond motifs is 2. The van der Waals surface area contributed by atoms with Gasteiger partial charge in [-0.15, -0.1) is 0 Å². The van der Waals surface area contributed by atoms with Gasteiger partial charge in [0.2, 0.25) is 0 Å². The van der Waals surface area contributed by atoms with E-state index in [9.17, 15) is 23.5 Å². The van der Waals surface area contributed by atoms with E-state index in [0.29, 0.717) is 17.7 Å². The molecule has 6 aromatic rings. The molecule has 7 rings (SSSR count). The van der Waals surface area contributed by atoms with Crippen LogP contribution in [0.2, 0.25) is 0 Å². The lowest BCUT2D eigenvalue weighted by Gasteiger charge is -2.15. The van der Waals surface area contributed by atoms with Crippen molar-refractivity contribution < 1.29 is 28.2 Å². The Morgan fingerprint density at radius 2 is 1.14 bits per heavy atom. The van der Waals surface area contributed by atoms with E-state index in [0.717, 1.165) is 59.1 Å². The summed E-state index contributed by atoms with van der Waals surface area (Å²) in [6, 6.07) is 32.0. The molecule has 9 heteroatoms. The molecule has 1 N–H and O–H groups in total. The van der Waals surface area contributed by atoms with Gasteiger partial charge in [-0.1, -0.05) is 36.4 Å². The number of aromatic hydroxyl groups is 1. The zero-order valence-electron chi connectivity index (χ0n) is 27.4. The summed E-state index contributed by atoms with van der Waals surface area (Å²) in [4.78, 5) is 27.6. The summed E-state index contributed by atoms with van der Waals surface area (Å²) in [5.41, 5.74) is 0.977. The average Bonchev–Trinajstić information content (AvgIpc) is 3.68. The van der Waals surface area contributed by atoms with E-state index in [1.54, 1.807) is 42.5 Å². The number of ketones is 2. The molecule has 1 saturated heterocycles. The normalized spacial score (nSPS) is 12.5. The van der Waals surface area contributed by atoms with Gasteiger partial charge >= 0.3 is 0 Å². The molecule has 1 fully saturated rings. The number of nitriles is 2. The third kappa shape index (κ3) is 8.08. The fourth-order valence-electron chi connectivity index (χ4n) is 5.98. The van der Waals surface area contributed by atoms with Crippen molar-refractivity contribution in [2.45, 2.75) is 12.8 Å². The van der Waals surface area contributed by atoms with Gasteiger partial charge in [-0.2, -0.15) is 10.5 Å². The second kappa shape index (κ2) is 15.4. The van der Waals surface area contributed by atoms with E-state index in [1.165, 1.54) is 43.2 Å². The molecule has 0 atom stereocenters. The highest BCUT2D eigenvalue weighted by atomic mass is 19.1. The van der Waals surface area contributed by atoms with Crippen LogP contribution in [0.4, 0.5) is 8.78 Å². The monoisotopic (exact) mass is 679 g/mol. The predicted octanol–water partition coefficient (Wildman–Crippen LogP) is 8.34. The molecular formula is C42H31F2N3O4. The van der Waals surface area contributed by atoms with Gasteiger partial charge in [-0.25, -0.2) is 8.78 Å². The standard InChI is InChI=1S/C24H21FN2O2.C18H10FNO2/c25-23-8-3-17(16-26)13-22(23)24(28)20-5-4-19-15-21(7-6-18(19)14-20)29-12-11-27-9-1-2-10-27;19-17-6-1-11(10-20)7-16(17)18(22)14-3-2-13-9-15(21)5-4-12(13)8-14/h3-8,13-15H,1-2,9-12H2;1-9,21H. The van der Waals surface area contributed by atoms with Crippen LogP contribution in [-0.4, -0.2) is 47.8 Å². The second-order valence-corrected chi connectivity index (χ2v) is 12.1. The van der Waals surface area contributed by atoms with E-state index in [1.807, 2.05) is 36.4 Å². The first-order valence-corrected chi connectivity index (χ1v) is 16.3. The van der Waals surface area contributed by atoms with Gasteiger partial charge in [-0.3, -0.25) is 14.5 Å². The Bertz CT molecular complexity index is 2370. The number of likely N-dealkylation sites (tertiary alicyclic amines) is 1. The van der Waals surface area contributed by atoms with Crippen molar-refractivity contribution >= 4 is 33.1 Å². The molecule has 0 bridgehead atoms. The molecule has 0 unspecified atom stereocenters. The highest BCUT2D eigenvalue weighted by Crippen LogP contribution is 2.26. The number of carbonyl (C=O) groups excluding carboxylic acids is 2. The Hall–Kier alpha value is -6.42. The van der Waals surface area contributed by atoms with Gasteiger partial charge in [0.1, 0.15) is 29.7 Å². The molecule has 6 aromatic carbocycles. The largest absolute Gasteiger partial charge is 0.508 e. The van der Waals surface area contributed by atoms with E-state index < -0.39 is 23.2 Å². The lowest BCUT2D eigenvalue weighted by Crippen LogP contribution is -2.25. The molecule has 0 aliphatic carbocycles. The van der Waals surface area contributed by atoms with Crippen LogP contribution in [0, 0.1) is 34.3 Å². The van der Waals surface area contributed by atoms with Gasteiger partial charge < -0.3 is 9.84 Å². The number of ether oxygens (including phenoxy) is 1. The molecule has 51 heavy (non-hydrogen) atoms. The molecule has 252 valence electrons. The van der Waals surface area contributed by atoms with Crippen molar-refractivity contribution in [3.8, 4) is 23.6 Å². The SMILES string of the molecule is N#Cc1ccc(F)c(C(=O)c2ccc3cc(O)ccc3c2)c1.N#Cc1ccc(F)c(C(=O)c2ccc3cc(OCCN4CCCC4)ccc3c2)c1. The molecule has 0 aromatic heterocycles. The van der Waals surface area contributed by atoms with Crippen molar-refractivity contribution in [2.75, 3.05) is 26.2 Å². The molecular weight excluding hydrogens is 648 g/mol. The van der Waals surface area contributed by atoms with E-state index in [-0.39, 0.29) is 28.0 Å². The minimum absolute atomic E-state index is 0.0923. The van der Waals surface area contributed by atoms with Crippen molar-refractivity contribution in [1.82, 2.24) is 4.90 Å². The van der Waals surface area contributed by atoms with Gasteiger partial charge in [-0.05, 0) is 120 Å². The van der Waals surface area contributed by atoms with Gasteiger partial charge in [0.25, 0.3) is 0 Å². The van der Waals surface area contributed by atoms with Crippen molar-refractivity contribution in [2.24, 2.45) is 0 Å². The molecule has 0 saturated carbocycles. The number of carbonyl (C=O) groups is 2. The third-order valence-corrected chi connectivity index (χ3v) is 8.72. The number of rotatable bonds is 8. The van der Waals surface area contributed by atoms with Gasteiger partial charge in [0, 0.05) is 17.7 Å². The number of phenols is 1. The van der Waals surface area contributed by atoms with Crippen LogP contribution >= 0.6 is 0 Å². The Morgan fingerprint density at radius 1 is 0.647 bits per heavy atom. The van der Waals surface area contributed by atoms with Crippen LogP contribution in [0.25, 0.3) is 21.5 Å². The molecule has 7 nitrogen and oxygen atoms in total. The first kappa shape index (κ1) is 34.4. The van der Waals surface area contributed by atoms with Crippen LogP contribution in [0.15, 0.2) is 109 Å². The smallest absolute Gasteiger partial charge is 0.196 e. The maximum Gasteiger partial charge on any atom is 0.196 e.